The molecule has 0 aromatic heterocycles. The molecule has 0 heterocycles. The van der Waals surface area contributed by atoms with Gasteiger partial charge in [0.1, 0.15) is 5.78 Å². The standard InChI is InChI=1S/C10H14O.2C10H12O.C10H14O/c3*1-9(11)7-8-10-5-3-2-4-6-10;1-3-4-5-6-7-8-9-10(2)11/h2-6,9,11H,7-8H2,1H3;2-6H,7-8H2,1H3;2-9,11H,1H3;3-11H,1H2,2H3/b;;8-7+;5-4-,7-6+,9-8+. The van der Waals surface area contributed by atoms with Gasteiger partial charge in [0, 0.05) is 6.42 Å². The van der Waals surface area contributed by atoms with E-state index < -0.39 is 0 Å². The predicted molar refractivity (Wildman–Crippen MR) is 188 cm³/mol. The Bertz CT molecular complexity index is 1210. The second kappa shape index (κ2) is 27.7. The van der Waals surface area contributed by atoms with Crippen LogP contribution in [0.5, 0.6) is 0 Å². The number of benzene rings is 3. The molecule has 0 radical (unpaired) electrons. The number of aliphatic hydroxyl groups excluding tert-OH is 3. The van der Waals surface area contributed by atoms with E-state index >= 15 is 0 Å². The molecular weight excluding hydrogens is 544 g/mol. The van der Waals surface area contributed by atoms with Gasteiger partial charge in [-0.1, -0.05) is 152 Å². The maximum Gasteiger partial charge on any atom is 0.130 e. The molecule has 3 rings (SSSR count). The van der Waals surface area contributed by atoms with E-state index in [1.807, 2.05) is 116 Å². The lowest BCUT2D eigenvalue weighted by atomic mass is 10.1. The minimum absolute atomic E-state index is 0.185. The normalized spacial score (nSPS) is 12.8. The number of carbonyl (C=O) groups excluding carboxylic acids is 1. The first-order valence-electron chi connectivity index (χ1n) is 15.1. The summed E-state index contributed by atoms with van der Waals surface area (Å²) in [5, 5.41) is 26.7. The van der Waals surface area contributed by atoms with Crippen molar-refractivity contribution in [2.75, 3.05) is 0 Å². The van der Waals surface area contributed by atoms with Crippen molar-refractivity contribution < 1.29 is 20.1 Å². The van der Waals surface area contributed by atoms with Gasteiger partial charge < -0.3 is 20.1 Å². The summed E-state index contributed by atoms with van der Waals surface area (Å²) >= 11 is 0. The van der Waals surface area contributed by atoms with Crippen molar-refractivity contribution in [2.45, 2.75) is 71.7 Å². The molecular formula is C40H52O4. The zero-order valence-corrected chi connectivity index (χ0v) is 26.9. The third-order valence-corrected chi connectivity index (χ3v) is 5.64. The second-order valence-electron chi connectivity index (χ2n) is 10.2. The molecule has 0 bridgehead atoms. The van der Waals surface area contributed by atoms with E-state index in [-0.39, 0.29) is 24.1 Å². The Labute approximate surface area is 266 Å². The van der Waals surface area contributed by atoms with Gasteiger partial charge in [-0.3, -0.25) is 0 Å². The first-order chi connectivity index (χ1) is 21.1. The first kappa shape index (κ1) is 39.9. The lowest BCUT2D eigenvalue weighted by Crippen LogP contribution is -2.00. The van der Waals surface area contributed by atoms with Gasteiger partial charge in [-0.25, -0.2) is 0 Å². The molecule has 44 heavy (non-hydrogen) atoms. The van der Waals surface area contributed by atoms with Gasteiger partial charge in [0.05, 0.1) is 18.3 Å². The summed E-state index contributed by atoms with van der Waals surface area (Å²) in [6.45, 7) is 10.4. The average Bonchev–Trinajstić information content (AvgIpc) is 3.02. The maximum atomic E-state index is 10.6. The van der Waals surface area contributed by atoms with Crippen LogP contribution < -0.4 is 0 Å². The summed E-state index contributed by atoms with van der Waals surface area (Å²) in [6, 6.07) is 30.2. The van der Waals surface area contributed by atoms with Crippen LogP contribution in [-0.4, -0.2) is 39.4 Å². The third-order valence-electron chi connectivity index (χ3n) is 5.64. The van der Waals surface area contributed by atoms with Crippen LogP contribution >= 0.6 is 0 Å². The largest absolute Gasteiger partial charge is 0.393 e. The second-order valence-corrected chi connectivity index (χ2v) is 10.2. The molecule has 3 atom stereocenters. The highest BCUT2D eigenvalue weighted by Gasteiger charge is 1.96. The monoisotopic (exact) mass is 596 g/mol. The smallest absolute Gasteiger partial charge is 0.130 e. The van der Waals surface area contributed by atoms with Crippen molar-refractivity contribution in [2.24, 2.45) is 0 Å². The average molecular weight is 597 g/mol. The molecule has 0 saturated heterocycles. The van der Waals surface area contributed by atoms with Gasteiger partial charge in [-0.2, -0.15) is 0 Å². The maximum absolute atomic E-state index is 10.6. The Morgan fingerprint density at radius 2 is 1.11 bits per heavy atom. The minimum atomic E-state index is -0.372. The van der Waals surface area contributed by atoms with Crippen LogP contribution in [0.2, 0.25) is 0 Å². The Kier molecular flexibility index (Phi) is 25.1. The number of hydrogen-bond acceptors (Lipinski definition) is 4. The number of hydrogen-bond donors (Lipinski definition) is 3. The number of carbonyl (C=O) groups is 1. The zero-order chi connectivity index (χ0) is 32.8. The van der Waals surface area contributed by atoms with Gasteiger partial charge in [0.15, 0.2) is 0 Å². The lowest BCUT2D eigenvalue weighted by Gasteiger charge is -2.02. The van der Waals surface area contributed by atoms with Crippen LogP contribution in [0.1, 0.15) is 57.2 Å². The van der Waals surface area contributed by atoms with Crippen LogP contribution in [-0.2, 0) is 17.6 Å². The number of aryl methyl sites for hydroxylation is 2. The van der Waals surface area contributed by atoms with Crippen LogP contribution in [0.4, 0.5) is 0 Å². The zero-order valence-electron chi connectivity index (χ0n) is 26.9. The molecule has 0 spiro atoms. The highest BCUT2D eigenvalue weighted by atomic mass is 16.3. The Morgan fingerprint density at radius 3 is 1.57 bits per heavy atom. The van der Waals surface area contributed by atoms with Crippen molar-refractivity contribution in [3.8, 4) is 0 Å². The molecule has 4 heteroatoms. The fraction of sp³-hybridized carbons (Fsp3) is 0.275. The van der Waals surface area contributed by atoms with E-state index in [1.165, 1.54) is 11.1 Å². The molecule has 4 nitrogen and oxygen atoms in total. The first-order valence-corrected chi connectivity index (χ1v) is 15.1. The Hall–Kier alpha value is -4.09. The quantitative estimate of drug-likeness (QED) is 0.183. The van der Waals surface area contributed by atoms with E-state index in [4.69, 9.17) is 15.3 Å². The predicted octanol–water partition coefficient (Wildman–Crippen LogP) is 8.51. The third kappa shape index (κ3) is 28.0. The van der Waals surface area contributed by atoms with Crippen LogP contribution in [0, 0.1) is 0 Å². The highest BCUT2D eigenvalue weighted by Crippen LogP contribution is 2.04. The molecule has 0 aliphatic heterocycles. The van der Waals surface area contributed by atoms with Gasteiger partial charge >= 0.3 is 0 Å². The van der Waals surface area contributed by atoms with Gasteiger partial charge in [-0.15, -0.1) is 0 Å². The van der Waals surface area contributed by atoms with E-state index in [1.54, 1.807) is 45.1 Å². The fourth-order valence-electron chi connectivity index (χ4n) is 3.30. The van der Waals surface area contributed by atoms with Gasteiger partial charge in [0.25, 0.3) is 0 Å². The summed E-state index contributed by atoms with van der Waals surface area (Å²) in [5.74, 6) is 0.258. The lowest BCUT2D eigenvalue weighted by molar-refractivity contribution is -0.116. The van der Waals surface area contributed by atoms with Crippen LogP contribution in [0.15, 0.2) is 146 Å². The van der Waals surface area contributed by atoms with E-state index in [9.17, 15) is 4.79 Å². The molecule has 0 saturated carbocycles. The van der Waals surface area contributed by atoms with Crippen molar-refractivity contribution in [3.63, 3.8) is 0 Å². The summed E-state index contributed by atoms with van der Waals surface area (Å²) in [4.78, 5) is 10.6. The van der Waals surface area contributed by atoms with Gasteiger partial charge in [0.2, 0.25) is 0 Å². The van der Waals surface area contributed by atoms with Crippen LogP contribution in [0.25, 0.3) is 6.08 Å². The Morgan fingerprint density at radius 1 is 0.659 bits per heavy atom. The fourth-order valence-corrected chi connectivity index (χ4v) is 3.30. The molecule has 3 aromatic carbocycles. The SMILES string of the molecule is C=C\C=C/C=C/C=C/C(C)O.CC(=O)CCc1ccccc1.CC(O)/C=C/c1ccccc1.CC(O)CCc1ccccc1. The van der Waals surface area contributed by atoms with E-state index in [0.717, 1.165) is 24.8 Å². The van der Waals surface area contributed by atoms with Crippen molar-refractivity contribution in [1.29, 1.82) is 0 Å². The van der Waals surface area contributed by atoms with Gasteiger partial charge in [-0.05, 0) is 63.6 Å². The molecule has 0 fully saturated rings. The minimum Gasteiger partial charge on any atom is -0.393 e. The summed E-state index contributed by atoms with van der Waals surface area (Å²) in [6.07, 6.45) is 18.8. The van der Waals surface area contributed by atoms with E-state index in [2.05, 4.69) is 18.7 Å². The summed E-state index contributed by atoms with van der Waals surface area (Å²) in [5.41, 5.74) is 3.66. The van der Waals surface area contributed by atoms with Crippen molar-refractivity contribution in [1.82, 2.24) is 0 Å². The van der Waals surface area contributed by atoms with Crippen LogP contribution in [0.3, 0.4) is 0 Å². The number of aliphatic hydroxyl groups is 3. The summed E-state index contributed by atoms with van der Waals surface area (Å²) < 4.78 is 0. The molecule has 0 aliphatic carbocycles. The molecule has 0 amide bonds. The molecule has 236 valence electrons. The Balaban J connectivity index is 0.000000560. The topological polar surface area (TPSA) is 77.8 Å². The highest BCUT2D eigenvalue weighted by molar-refractivity contribution is 5.75. The number of Topliss-reactive ketones (excluding diaryl/α,β-unsaturated/α-hetero) is 1. The summed E-state index contributed by atoms with van der Waals surface area (Å²) in [7, 11) is 0. The molecule has 0 aliphatic rings. The molecule has 3 unspecified atom stereocenters. The molecule has 3 N–H and O–H groups in total. The number of ketones is 1. The van der Waals surface area contributed by atoms with Crippen molar-refractivity contribution in [3.05, 3.63) is 163 Å². The number of rotatable bonds is 12. The van der Waals surface area contributed by atoms with E-state index in [0.29, 0.717) is 6.42 Å². The van der Waals surface area contributed by atoms with Crippen molar-refractivity contribution >= 4 is 11.9 Å². The molecule has 3 aromatic rings. The number of allylic oxidation sites excluding steroid dienone is 6.